The molecule has 0 N–H and O–H groups in total. The molecule has 2 aliphatic heterocycles. The van der Waals surface area contributed by atoms with E-state index in [2.05, 4.69) is 0 Å². The van der Waals surface area contributed by atoms with Crippen LogP contribution >= 0.6 is 11.8 Å². The topological polar surface area (TPSA) is 73.8 Å². The molecule has 2 heterocycles. The van der Waals surface area contributed by atoms with Crippen LogP contribution in [-0.2, 0) is 44.5 Å². The molecule has 0 aromatic heterocycles. The molecule has 2 aliphatic rings. The average Bonchev–Trinajstić information content (AvgIpc) is 2.93. The Morgan fingerprint density at radius 3 is 2.03 bits per heavy atom. The molecule has 204 valence electrons. The standard InChI is InChI=1S/C28H38O8S/c1-18-22(33-16-19-12-8-6-9-13-19)24(30-3)25(31-4)27(35-18)36-23-21(29-2)17-34-28(26(23)32-5)37-20-14-10-7-11-15-20/h6-15,18,21-28H,16-17H2,1-5H3/t18-,21+,22+,23-,24+,25-,26+,27-,28-/m0/s1. The molecule has 2 fully saturated rings. The fourth-order valence-corrected chi connectivity index (χ4v) is 5.97. The van der Waals surface area contributed by atoms with E-state index >= 15 is 0 Å². The van der Waals surface area contributed by atoms with E-state index in [0.717, 1.165) is 10.5 Å². The van der Waals surface area contributed by atoms with E-state index < -0.39 is 30.7 Å². The number of ether oxygens (including phenoxy) is 8. The lowest BCUT2D eigenvalue weighted by Gasteiger charge is -2.47. The predicted molar refractivity (Wildman–Crippen MR) is 139 cm³/mol. The van der Waals surface area contributed by atoms with Gasteiger partial charge in [-0.1, -0.05) is 60.3 Å². The molecule has 0 aliphatic carbocycles. The normalized spacial score (nSPS) is 34.4. The zero-order valence-electron chi connectivity index (χ0n) is 22.1. The summed E-state index contributed by atoms with van der Waals surface area (Å²) in [6, 6.07) is 20.1. The third kappa shape index (κ3) is 6.92. The van der Waals surface area contributed by atoms with Crippen molar-refractivity contribution in [3.63, 3.8) is 0 Å². The van der Waals surface area contributed by atoms with Crippen molar-refractivity contribution in [1.29, 1.82) is 0 Å². The van der Waals surface area contributed by atoms with Gasteiger partial charge in [0, 0.05) is 33.3 Å². The van der Waals surface area contributed by atoms with Crippen LogP contribution in [-0.4, -0.2) is 89.5 Å². The van der Waals surface area contributed by atoms with Gasteiger partial charge in [0.25, 0.3) is 0 Å². The molecule has 0 saturated carbocycles. The number of thioether (sulfide) groups is 1. The summed E-state index contributed by atoms with van der Waals surface area (Å²) in [5.74, 6) is 0. The molecule has 9 atom stereocenters. The van der Waals surface area contributed by atoms with Crippen molar-refractivity contribution in [2.45, 2.75) is 72.9 Å². The maximum Gasteiger partial charge on any atom is 0.187 e. The van der Waals surface area contributed by atoms with E-state index in [-0.39, 0.29) is 23.7 Å². The molecular weight excluding hydrogens is 496 g/mol. The van der Waals surface area contributed by atoms with Gasteiger partial charge >= 0.3 is 0 Å². The molecular formula is C28H38O8S. The Morgan fingerprint density at radius 1 is 0.757 bits per heavy atom. The Balaban J connectivity index is 1.48. The van der Waals surface area contributed by atoms with E-state index in [0.29, 0.717) is 13.2 Å². The van der Waals surface area contributed by atoms with Crippen molar-refractivity contribution < 1.29 is 37.9 Å². The van der Waals surface area contributed by atoms with E-state index in [1.807, 2.05) is 67.6 Å². The Kier molecular flexibility index (Phi) is 10.8. The quantitative estimate of drug-likeness (QED) is 0.427. The molecule has 0 amide bonds. The van der Waals surface area contributed by atoms with Crippen LogP contribution in [0.1, 0.15) is 12.5 Å². The molecule has 4 rings (SSSR count). The highest BCUT2D eigenvalue weighted by atomic mass is 32.2. The summed E-state index contributed by atoms with van der Waals surface area (Å²) in [5, 5.41) is 0. The highest BCUT2D eigenvalue weighted by Crippen LogP contribution is 2.36. The Labute approximate surface area is 223 Å². The Hall–Kier alpha value is -1.53. The summed E-state index contributed by atoms with van der Waals surface area (Å²) in [4.78, 5) is 1.08. The third-order valence-electron chi connectivity index (χ3n) is 6.80. The molecule has 0 bridgehead atoms. The zero-order valence-corrected chi connectivity index (χ0v) is 22.9. The van der Waals surface area contributed by atoms with E-state index in [1.165, 1.54) is 0 Å². The van der Waals surface area contributed by atoms with Crippen molar-refractivity contribution in [1.82, 2.24) is 0 Å². The van der Waals surface area contributed by atoms with Gasteiger partial charge in [-0.3, -0.25) is 0 Å². The first-order valence-electron chi connectivity index (χ1n) is 12.5. The van der Waals surface area contributed by atoms with Gasteiger partial charge in [-0.25, -0.2) is 0 Å². The van der Waals surface area contributed by atoms with Crippen LogP contribution in [0, 0.1) is 0 Å². The summed E-state index contributed by atoms with van der Waals surface area (Å²) >= 11 is 1.59. The molecule has 2 saturated heterocycles. The molecule has 0 spiro atoms. The second-order valence-corrected chi connectivity index (χ2v) is 10.3. The lowest BCUT2D eigenvalue weighted by Crippen LogP contribution is -2.63. The summed E-state index contributed by atoms with van der Waals surface area (Å²) in [7, 11) is 6.58. The van der Waals surface area contributed by atoms with Crippen LogP contribution in [0.3, 0.4) is 0 Å². The molecule has 0 unspecified atom stereocenters. The minimum atomic E-state index is -0.720. The lowest BCUT2D eigenvalue weighted by molar-refractivity contribution is -0.339. The van der Waals surface area contributed by atoms with Crippen LogP contribution in [0.2, 0.25) is 0 Å². The molecule has 8 nitrogen and oxygen atoms in total. The minimum absolute atomic E-state index is 0.286. The van der Waals surface area contributed by atoms with E-state index in [9.17, 15) is 0 Å². The van der Waals surface area contributed by atoms with Crippen molar-refractivity contribution in [2.24, 2.45) is 0 Å². The number of benzene rings is 2. The summed E-state index contributed by atoms with van der Waals surface area (Å²) < 4.78 is 48.8. The summed E-state index contributed by atoms with van der Waals surface area (Å²) in [5.41, 5.74) is 0.790. The number of hydrogen-bond donors (Lipinski definition) is 0. The molecule has 2 aromatic carbocycles. The van der Waals surface area contributed by atoms with Crippen molar-refractivity contribution >= 4 is 11.8 Å². The second-order valence-electron chi connectivity index (χ2n) is 9.08. The predicted octanol–water partition coefficient (Wildman–Crippen LogP) is 3.91. The first-order valence-corrected chi connectivity index (χ1v) is 13.4. The molecule has 37 heavy (non-hydrogen) atoms. The lowest BCUT2D eigenvalue weighted by atomic mass is 9.98. The van der Waals surface area contributed by atoms with Crippen LogP contribution < -0.4 is 0 Å². The van der Waals surface area contributed by atoms with Crippen molar-refractivity contribution in [2.75, 3.05) is 35.0 Å². The highest BCUT2D eigenvalue weighted by Gasteiger charge is 2.50. The fourth-order valence-electron chi connectivity index (χ4n) is 4.84. The Morgan fingerprint density at radius 2 is 1.41 bits per heavy atom. The van der Waals surface area contributed by atoms with Crippen LogP contribution in [0.5, 0.6) is 0 Å². The maximum atomic E-state index is 6.60. The van der Waals surface area contributed by atoms with Crippen LogP contribution in [0.4, 0.5) is 0 Å². The molecule has 9 heteroatoms. The first kappa shape index (κ1) is 28.5. The van der Waals surface area contributed by atoms with Crippen LogP contribution in [0.15, 0.2) is 65.6 Å². The fraction of sp³-hybridized carbons (Fsp3) is 0.571. The van der Waals surface area contributed by atoms with Gasteiger partial charge in [0.1, 0.15) is 42.1 Å². The molecule has 2 aromatic rings. The SMILES string of the molecule is CO[C@H]1[C@H](OC)[C@H](O[C@@H]2[C@@H](OC)[C@H](Sc3ccccc3)OC[C@H]2OC)O[C@@H](C)[C@H]1OCc1ccccc1. The highest BCUT2D eigenvalue weighted by molar-refractivity contribution is 7.99. The summed E-state index contributed by atoms with van der Waals surface area (Å²) in [6.07, 6.45) is -3.51. The second kappa shape index (κ2) is 14.0. The average molecular weight is 535 g/mol. The first-order chi connectivity index (χ1) is 18.1. The van der Waals surface area contributed by atoms with Crippen molar-refractivity contribution in [3.05, 3.63) is 66.2 Å². The van der Waals surface area contributed by atoms with Gasteiger partial charge < -0.3 is 37.9 Å². The minimum Gasteiger partial charge on any atom is -0.376 e. The third-order valence-corrected chi connectivity index (χ3v) is 7.98. The van der Waals surface area contributed by atoms with Gasteiger partial charge in [0.15, 0.2) is 6.29 Å². The van der Waals surface area contributed by atoms with Crippen LogP contribution in [0.25, 0.3) is 0 Å². The van der Waals surface area contributed by atoms with Gasteiger partial charge in [0.05, 0.1) is 19.3 Å². The summed E-state index contributed by atoms with van der Waals surface area (Å²) in [6.45, 7) is 2.77. The molecule has 0 radical (unpaired) electrons. The zero-order chi connectivity index (χ0) is 26.2. The van der Waals surface area contributed by atoms with Gasteiger partial charge in [0.2, 0.25) is 0 Å². The van der Waals surface area contributed by atoms with Gasteiger partial charge in [-0.15, -0.1) is 0 Å². The van der Waals surface area contributed by atoms with Crippen molar-refractivity contribution in [3.8, 4) is 0 Å². The number of rotatable bonds is 11. The van der Waals surface area contributed by atoms with E-state index in [4.69, 9.17) is 37.9 Å². The number of hydrogen-bond acceptors (Lipinski definition) is 9. The smallest absolute Gasteiger partial charge is 0.187 e. The van der Waals surface area contributed by atoms with E-state index in [1.54, 1.807) is 40.2 Å². The largest absolute Gasteiger partial charge is 0.376 e. The van der Waals surface area contributed by atoms with Gasteiger partial charge in [-0.2, -0.15) is 0 Å². The maximum absolute atomic E-state index is 6.60. The monoisotopic (exact) mass is 534 g/mol. The van der Waals surface area contributed by atoms with Gasteiger partial charge in [-0.05, 0) is 24.6 Å². The number of methoxy groups -OCH3 is 4. The Bertz CT molecular complexity index is 919.